The van der Waals surface area contributed by atoms with Crippen LogP contribution in [0.5, 0.6) is 0 Å². The summed E-state index contributed by atoms with van der Waals surface area (Å²) in [4.78, 5) is 5.88. The van der Waals surface area contributed by atoms with E-state index < -0.39 is 11.7 Å². The number of aromatic nitrogens is 4. The van der Waals surface area contributed by atoms with Crippen LogP contribution in [0.2, 0.25) is 5.02 Å². The van der Waals surface area contributed by atoms with E-state index in [4.69, 9.17) is 11.6 Å². The largest absolute Gasteiger partial charge is 0.417 e. The van der Waals surface area contributed by atoms with E-state index in [0.717, 1.165) is 37.5 Å². The molecule has 1 atom stereocenters. The first kappa shape index (κ1) is 17.0. The molecule has 130 valence electrons. The van der Waals surface area contributed by atoms with Crippen molar-refractivity contribution in [2.45, 2.75) is 38.4 Å². The lowest BCUT2D eigenvalue weighted by atomic mass is 9.97. The highest BCUT2D eigenvalue weighted by Gasteiger charge is 2.33. The van der Waals surface area contributed by atoms with Crippen LogP contribution in [0.15, 0.2) is 18.6 Å². The third-order valence-corrected chi connectivity index (χ3v) is 4.50. The molecule has 0 saturated carbocycles. The van der Waals surface area contributed by atoms with Gasteiger partial charge in [-0.2, -0.15) is 13.2 Å². The first-order valence-electron chi connectivity index (χ1n) is 7.75. The molecule has 3 rings (SSSR count). The van der Waals surface area contributed by atoms with Gasteiger partial charge in [0.1, 0.15) is 18.0 Å². The Morgan fingerprint density at radius 1 is 1.38 bits per heavy atom. The molecule has 0 amide bonds. The molecule has 3 heterocycles. The summed E-state index contributed by atoms with van der Waals surface area (Å²) in [5.74, 6) is 1.43. The average molecular weight is 360 g/mol. The van der Waals surface area contributed by atoms with Crippen molar-refractivity contribution in [1.29, 1.82) is 0 Å². The number of anilines is 1. The normalized spacial score (nSPS) is 18.9. The van der Waals surface area contributed by atoms with Gasteiger partial charge in [0.25, 0.3) is 0 Å². The third-order valence-electron chi connectivity index (χ3n) is 4.22. The maximum atomic E-state index is 12.7. The fraction of sp³-hybridized carbons (Fsp3) is 0.533. The van der Waals surface area contributed by atoms with Crippen LogP contribution in [-0.2, 0) is 12.7 Å². The van der Waals surface area contributed by atoms with Gasteiger partial charge in [-0.3, -0.25) is 0 Å². The summed E-state index contributed by atoms with van der Waals surface area (Å²) in [5, 5.41) is 8.16. The van der Waals surface area contributed by atoms with E-state index in [-0.39, 0.29) is 10.9 Å². The van der Waals surface area contributed by atoms with Gasteiger partial charge in [-0.05, 0) is 25.8 Å². The van der Waals surface area contributed by atoms with E-state index in [1.165, 1.54) is 0 Å². The molecule has 0 radical (unpaired) electrons. The van der Waals surface area contributed by atoms with Crippen LogP contribution in [0.3, 0.4) is 0 Å². The lowest BCUT2D eigenvalue weighted by Gasteiger charge is -2.33. The van der Waals surface area contributed by atoms with E-state index in [0.29, 0.717) is 18.9 Å². The van der Waals surface area contributed by atoms with Gasteiger partial charge in [0.2, 0.25) is 0 Å². The molecule has 1 saturated heterocycles. The minimum atomic E-state index is -4.45. The Labute approximate surface area is 142 Å². The van der Waals surface area contributed by atoms with E-state index >= 15 is 0 Å². The first-order valence-corrected chi connectivity index (χ1v) is 8.13. The molecule has 0 spiro atoms. The Hall–Kier alpha value is -1.83. The number of pyridine rings is 1. The van der Waals surface area contributed by atoms with E-state index in [2.05, 4.69) is 15.2 Å². The molecule has 1 fully saturated rings. The minimum Gasteiger partial charge on any atom is -0.355 e. The van der Waals surface area contributed by atoms with Crippen LogP contribution >= 0.6 is 11.6 Å². The van der Waals surface area contributed by atoms with E-state index in [9.17, 15) is 13.2 Å². The predicted molar refractivity (Wildman–Crippen MR) is 84.1 cm³/mol. The molecule has 2 aromatic rings. The quantitative estimate of drug-likeness (QED) is 0.837. The number of aryl methyl sites for hydroxylation is 1. The van der Waals surface area contributed by atoms with E-state index in [1.54, 1.807) is 6.33 Å². The third kappa shape index (κ3) is 3.33. The number of alkyl halides is 3. The Kier molecular flexibility index (Phi) is 4.67. The van der Waals surface area contributed by atoms with Gasteiger partial charge in [-0.25, -0.2) is 4.98 Å². The Balaban J connectivity index is 1.82. The molecule has 1 aliphatic rings. The molecule has 0 aromatic carbocycles. The molecule has 0 aliphatic carbocycles. The molecule has 0 N–H and O–H groups in total. The van der Waals surface area contributed by atoms with Crippen LogP contribution in [0.1, 0.15) is 37.1 Å². The number of halogens is 4. The zero-order valence-electron chi connectivity index (χ0n) is 13.1. The summed E-state index contributed by atoms with van der Waals surface area (Å²) in [6, 6.07) is 0.933. The Morgan fingerprint density at radius 2 is 2.17 bits per heavy atom. The van der Waals surface area contributed by atoms with Crippen molar-refractivity contribution < 1.29 is 13.2 Å². The second-order valence-electron chi connectivity index (χ2n) is 5.79. The van der Waals surface area contributed by atoms with Gasteiger partial charge in [0.15, 0.2) is 0 Å². The van der Waals surface area contributed by atoms with Gasteiger partial charge in [0.05, 0.1) is 10.6 Å². The molecule has 0 unspecified atom stereocenters. The lowest BCUT2D eigenvalue weighted by molar-refractivity contribution is -0.137. The molecule has 1 aliphatic heterocycles. The first-order chi connectivity index (χ1) is 11.4. The smallest absolute Gasteiger partial charge is 0.355 e. The fourth-order valence-corrected chi connectivity index (χ4v) is 3.31. The zero-order valence-corrected chi connectivity index (χ0v) is 13.8. The maximum absolute atomic E-state index is 12.7. The van der Waals surface area contributed by atoms with Crippen molar-refractivity contribution in [2.24, 2.45) is 0 Å². The van der Waals surface area contributed by atoms with E-state index in [1.807, 2.05) is 16.4 Å². The molecule has 24 heavy (non-hydrogen) atoms. The topological polar surface area (TPSA) is 46.8 Å². The van der Waals surface area contributed by atoms with Gasteiger partial charge in [-0.1, -0.05) is 11.6 Å². The van der Waals surface area contributed by atoms with Gasteiger partial charge in [-0.15, -0.1) is 10.2 Å². The summed E-state index contributed by atoms with van der Waals surface area (Å²) in [5.41, 5.74) is -0.837. The molecule has 2 aromatic heterocycles. The van der Waals surface area contributed by atoms with Crippen LogP contribution < -0.4 is 4.90 Å². The van der Waals surface area contributed by atoms with Crippen LogP contribution in [0.25, 0.3) is 0 Å². The Morgan fingerprint density at radius 3 is 2.83 bits per heavy atom. The second-order valence-corrected chi connectivity index (χ2v) is 6.19. The number of nitrogens with zero attached hydrogens (tertiary/aromatic N) is 5. The minimum absolute atomic E-state index is 0.0161. The number of hydrogen-bond acceptors (Lipinski definition) is 4. The zero-order chi connectivity index (χ0) is 17.3. The monoisotopic (exact) mass is 359 g/mol. The number of rotatable bonds is 3. The van der Waals surface area contributed by atoms with Gasteiger partial charge in [0, 0.05) is 31.7 Å². The molecule has 0 bridgehead atoms. The van der Waals surface area contributed by atoms with Crippen LogP contribution in [-0.4, -0.2) is 32.8 Å². The van der Waals surface area contributed by atoms with Crippen LogP contribution in [0, 0.1) is 0 Å². The van der Waals surface area contributed by atoms with Crippen molar-refractivity contribution in [2.75, 3.05) is 18.0 Å². The van der Waals surface area contributed by atoms with Gasteiger partial charge >= 0.3 is 6.18 Å². The average Bonchev–Trinajstić information content (AvgIpc) is 3.02. The predicted octanol–water partition coefficient (Wildman–Crippen LogP) is 3.75. The molecule has 9 heteroatoms. The molecular formula is C15H17ClF3N5. The lowest BCUT2D eigenvalue weighted by Crippen LogP contribution is -2.36. The maximum Gasteiger partial charge on any atom is 0.417 e. The highest BCUT2D eigenvalue weighted by Crippen LogP contribution is 2.35. The van der Waals surface area contributed by atoms with Crippen LogP contribution in [0.4, 0.5) is 19.0 Å². The fourth-order valence-electron chi connectivity index (χ4n) is 3.02. The van der Waals surface area contributed by atoms with Gasteiger partial charge < -0.3 is 9.47 Å². The number of piperidine rings is 1. The van der Waals surface area contributed by atoms with Crippen molar-refractivity contribution >= 4 is 17.4 Å². The highest BCUT2D eigenvalue weighted by molar-refractivity contribution is 6.33. The second kappa shape index (κ2) is 6.58. The number of hydrogen-bond donors (Lipinski definition) is 0. The summed E-state index contributed by atoms with van der Waals surface area (Å²) in [6.45, 7) is 4.10. The van der Waals surface area contributed by atoms with Crippen molar-refractivity contribution in [1.82, 2.24) is 19.7 Å². The standard InChI is InChI=1S/C15H17ClF3N5/c1-2-23-9-21-22-13(23)10-4-3-5-24(8-10)14-12(16)6-11(7-20-14)15(17,18)19/h6-7,9-10H,2-5,8H2,1H3/t10-/m0/s1. The SMILES string of the molecule is CCn1cnnc1[C@H]1CCCN(c2ncc(C(F)(F)F)cc2Cl)C1. The summed E-state index contributed by atoms with van der Waals surface area (Å²) >= 11 is 6.06. The summed E-state index contributed by atoms with van der Waals surface area (Å²) in [7, 11) is 0. The molecule has 5 nitrogen and oxygen atoms in total. The molecular weight excluding hydrogens is 343 g/mol. The van der Waals surface area contributed by atoms with Crippen molar-refractivity contribution in [3.05, 3.63) is 35.0 Å². The Bertz CT molecular complexity index is 715. The summed E-state index contributed by atoms with van der Waals surface area (Å²) < 4.78 is 40.2. The van der Waals surface area contributed by atoms with Crippen molar-refractivity contribution in [3.8, 4) is 0 Å². The highest BCUT2D eigenvalue weighted by atomic mass is 35.5. The summed E-state index contributed by atoms with van der Waals surface area (Å²) in [6.07, 6.45) is -0.0815. The van der Waals surface area contributed by atoms with Crippen molar-refractivity contribution in [3.63, 3.8) is 0 Å².